The third-order valence-electron chi connectivity index (χ3n) is 3.79. The Bertz CT molecular complexity index is 704. The van der Waals surface area contributed by atoms with Crippen LogP contribution in [0.25, 0.3) is 0 Å². The number of nitrogens with zero attached hydrogens (tertiary/aromatic N) is 1. The number of nitrogens with one attached hydrogen (secondary N) is 1. The Morgan fingerprint density at radius 3 is 2.36 bits per heavy atom. The van der Waals surface area contributed by atoms with E-state index in [2.05, 4.69) is 5.32 Å². The third kappa shape index (κ3) is 5.31. The van der Waals surface area contributed by atoms with Gasteiger partial charge in [0.05, 0.1) is 0 Å². The maximum Gasteiger partial charge on any atom is 0.261 e. The van der Waals surface area contributed by atoms with E-state index in [-0.39, 0.29) is 30.8 Å². The normalized spacial score (nSPS) is 11.5. The molecule has 0 aromatic heterocycles. The van der Waals surface area contributed by atoms with Gasteiger partial charge in [-0.15, -0.1) is 0 Å². The number of carbonyl (C=O) groups excluding carboxylic acids is 2. The van der Waals surface area contributed by atoms with Gasteiger partial charge in [-0.05, 0) is 36.8 Å². The molecule has 0 spiro atoms. The van der Waals surface area contributed by atoms with Crippen molar-refractivity contribution in [1.82, 2.24) is 10.2 Å². The monoisotopic (exact) mass is 344 g/mol. The van der Waals surface area contributed by atoms with Crippen LogP contribution in [-0.2, 0) is 16.1 Å². The van der Waals surface area contributed by atoms with Crippen LogP contribution in [0.3, 0.4) is 0 Å². The highest BCUT2D eigenvalue weighted by atomic mass is 19.1. The van der Waals surface area contributed by atoms with Gasteiger partial charge in [-0.2, -0.15) is 0 Å². The Morgan fingerprint density at radius 2 is 1.76 bits per heavy atom. The summed E-state index contributed by atoms with van der Waals surface area (Å²) in [6.45, 7) is 1.64. The van der Waals surface area contributed by atoms with Gasteiger partial charge in [0.25, 0.3) is 5.91 Å². The molecule has 25 heavy (non-hydrogen) atoms. The lowest BCUT2D eigenvalue weighted by Crippen LogP contribution is -2.48. The van der Waals surface area contributed by atoms with Crippen LogP contribution in [0.2, 0.25) is 0 Å². The fourth-order valence-electron chi connectivity index (χ4n) is 2.32. The van der Waals surface area contributed by atoms with Gasteiger partial charge in [0, 0.05) is 13.6 Å². The number of rotatable bonds is 7. The summed E-state index contributed by atoms with van der Waals surface area (Å²) in [5.74, 6) is -0.391. The van der Waals surface area contributed by atoms with Crippen LogP contribution in [0.15, 0.2) is 54.6 Å². The molecule has 1 atom stereocenters. The average Bonchev–Trinajstić information content (AvgIpc) is 2.65. The van der Waals surface area contributed by atoms with E-state index >= 15 is 0 Å². The smallest absolute Gasteiger partial charge is 0.261 e. The lowest BCUT2D eigenvalue weighted by atomic mass is 10.1. The van der Waals surface area contributed by atoms with Crippen LogP contribution in [-0.4, -0.2) is 36.4 Å². The summed E-state index contributed by atoms with van der Waals surface area (Å²) in [5.41, 5.74) is 0.727. The summed E-state index contributed by atoms with van der Waals surface area (Å²) >= 11 is 0. The molecule has 1 N–H and O–H groups in total. The van der Waals surface area contributed by atoms with Crippen molar-refractivity contribution in [2.45, 2.75) is 19.5 Å². The molecule has 0 aliphatic carbocycles. The first-order chi connectivity index (χ1) is 12.0. The van der Waals surface area contributed by atoms with Crippen molar-refractivity contribution in [3.63, 3.8) is 0 Å². The van der Waals surface area contributed by atoms with Crippen molar-refractivity contribution in [2.24, 2.45) is 0 Å². The Balaban J connectivity index is 2.10. The van der Waals surface area contributed by atoms with Crippen molar-refractivity contribution in [1.29, 1.82) is 0 Å². The van der Waals surface area contributed by atoms with Crippen molar-refractivity contribution >= 4 is 11.8 Å². The van der Waals surface area contributed by atoms with E-state index in [4.69, 9.17) is 4.74 Å². The van der Waals surface area contributed by atoms with E-state index in [1.165, 1.54) is 24.1 Å². The van der Waals surface area contributed by atoms with E-state index in [0.29, 0.717) is 5.75 Å². The minimum absolute atomic E-state index is 0.186. The van der Waals surface area contributed by atoms with Crippen molar-refractivity contribution in [3.8, 4) is 5.75 Å². The van der Waals surface area contributed by atoms with E-state index in [9.17, 15) is 14.0 Å². The third-order valence-corrected chi connectivity index (χ3v) is 3.79. The zero-order valence-electron chi connectivity index (χ0n) is 14.2. The summed E-state index contributed by atoms with van der Waals surface area (Å²) in [6.07, 6.45) is 0. The fourth-order valence-corrected chi connectivity index (χ4v) is 2.32. The van der Waals surface area contributed by atoms with E-state index < -0.39 is 6.04 Å². The second kappa shape index (κ2) is 8.82. The van der Waals surface area contributed by atoms with Crippen LogP contribution >= 0.6 is 0 Å². The van der Waals surface area contributed by atoms with Gasteiger partial charge in [0.2, 0.25) is 5.91 Å². The molecule has 5 nitrogen and oxygen atoms in total. The van der Waals surface area contributed by atoms with E-state index in [0.717, 1.165) is 5.56 Å². The number of amides is 2. The second-order valence-corrected chi connectivity index (χ2v) is 5.54. The molecule has 0 aliphatic heterocycles. The first-order valence-corrected chi connectivity index (χ1v) is 7.94. The molecular formula is C19H21FN2O3. The molecule has 0 saturated heterocycles. The number of carbonyl (C=O) groups is 2. The molecule has 0 unspecified atom stereocenters. The topological polar surface area (TPSA) is 58.6 Å². The lowest BCUT2D eigenvalue weighted by molar-refractivity contribution is -0.142. The highest BCUT2D eigenvalue weighted by molar-refractivity contribution is 5.87. The summed E-state index contributed by atoms with van der Waals surface area (Å²) in [7, 11) is 1.51. The van der Waals surface area contributed by atoms with Gasteiger partial charge in [-0.3, -0.25) is 9.59 Å². The lowest BCUT2D eigenvalue weighted by Gasteiger charge is -2.28. The van der Waals surface area contributed by atoms with E-state index in [1.807, 2.05) is 18.2 Å². The predicted octanol–water partition coefficient (Wildman–Crippen LogP) is 2.37. The van der Waals surface area contributed by atoms with Crippen molar-refractivity contribution in [2.75, 3.05) is 13.7 Å². The molecule has 2 amide bonds. The first kappa shape index (κ1) is 18.4. The van der Waals surface area contributed by atoms with E-state index in [1.54, 1.807) is 31.2 Å². The van der Waals surface area contributed by atoms with Crippen LogP contribution in [0.5, 0.6) is 5.75 Å². The van der Waals surface area contributed by atoms with Crippen LogP contribution in [0.4, 0.5) is 4.39 Å². The van der Waals surface area contributed by atoms with Gasteiger partial charge in [-0.25, -0.2) is 4.39 Å². The second-order valence-electron chi connectivity index (χ2n) is 5.54. The zero-order chi connectivity index (χ0) is 18.2. The quantitative estimate of drug-likeness (QED) is 0.839. The molecular weight excluding hydrogens is 323 g/mol. The molecule has 6 heteroatoms. The summed E-state index contributed by atoms with van der Waals surface area (Å²) in [4.78, 5) is 26.0. The van der Waals surface area contributed by atoms with Crippen molar-refractivity contribution in [3.05, 3.63) is 66.0 Å². The van der Waals surface area contributed by atoms with Gasteiger partial charge in [0.15, 0.2) is 6.61 Å². The molecule has 2 aromatic rings. The summed E-state index contributed by atoms with van der Waals surface area (Å²) < 4.78 is 18.6. The average molecular weight is 344 g/mol. The molecule has 0 heterocycles. The molecule has 2 aromatic carbocycles. The first-order valence-electron chi connectivity index (χ1n) is 7.94. The number of halogens is 1. The SMILES string of the molecule is CNC(=O)[C@@H](C)N(Cc1ccc(F)cc1)C(=O)COc1ccccc1. The highest BCUT2D eigenvalue weighted by Crippen LogP contribution is 2.13. The number of ether oxygens (including phenoxy) is 1. The number of hydrogen-bond acceptors (Lipinski definition) is 3. The molecule has 0 radical (unpaired) electrons. The minimum atomic E-state index is -0.679. The molecule has 0 aliphatic rings. The Labute approximate surface area is 146 Å². The van der Waals surface area contributed by atoms with Gasteiger partial charge in [0.1, 0.15) is 17.6 Å². The predicted molar refractivity (Wildman–Crippen MR) is 92.4 cm³/mol. The highest BCUT2D eigenvalue weighted by Gasteiger charge is 2.25. The summed E-state index contributed by atoms with van der Waals surface area (Å²) in [6, 6.07) is 14.1. The Morgan fingerprint density at radius 1 is 1.12 bits per heavy atom. The fraction of sp³-hybridized carbons (Fsp3) is 0.263. The summed E-state index contributed by atoms with van der Waals surface area (Å²) in [5, 5.41) is 2.54. The molecule has 2 rings (SSSR count). The van der Waals surface area contributed by atoms with Crippen LogP contribution in [0.1, 0.15) is 12.5 Å². The molecule has 0 saturated carbocycles. The maximum absolute atomic E-state index is 13.1. The number of benzene rings is 2. The minimum Gasteiger partial charge on any atom is -0.484 e. The maximum atomic E-state index is 13.1. The van der Waals surface area contributed by atoms with Crippen LogP contribution < -0.4 is 10.1 Å². The van der Waals surface area contributed by atoms with Gasteiger partial charge >= 0.3 is 0 Å². The zero-order valence-corrected chi connectivity index (χ0v) is 14.2. The number of hydrogen-bond donors (Lipinski definition) is 1. The van der Waals surface area contributed by atoms with Gasteiger partial charge in [-0.1, -0.05) is 30.3 Å². The molecule has 132 valence electrons. The Hall–Kier alpha value is -2.89. The van der Waals surface area contributed by atoms with Crippen LogP contribution in [0, 0.1) is 5.82 Å². The standard InChI is InChI=1S/C19H21FN2O3/c1-14(19(24)21-2)22(12-15-8-10-16(20)11-9-15)18(23)13-25-17-6-4-3-5-7-17/h3-11,14H,12-13H2,1-2H3,(H,21,24)/t14-/m1/s1. The molecule has 0 bridgehead atoms. The largest absolute Gasteiger partial charge is 0.484 e. The molecule has 0 fully saturated rings. The number of likely N-dealkylation sites (N-methyl/N-ethyl adjacent to an activating group) is 1. The van der Waals surface area contributed by atoms with Gasteiger partial charge < -0.3 is 15.0 Å². The number of para-hydroxylation sites is 1. The van der Waals surface area contributed by atoms with Crippen molar-refractivity contribution < 1.29 is 18.7 Å². The Kier molecular flexibility index (Phi) is 6.51.